The van der Waals surface area contributed by atoms with E-state index in [1.807, 2.05) is 6.92 Å². The van der Waals surface area contributed by atoms with Crippen molar-refractivity contribution in [3.05, 3.63) is 11.6 Å². The molecule has 2 nitrogen and oxygen atoms in total. The summed E-state index contributed by atoms with van der Waals surface area (Å²) in [6.45, 7) is 9.42. The summed E-state index contributed by atoms with van der Waals surface area (Å²) in [5.74, 6) is 0.813. The van der Waals surface area contributed by atoms with Crippen LogP contribution in [0.3, 0.4) is 0 Å². The number of carbonyl (C=O) groups is 1. The van der Waals surface area contributed by atoms with Crippen molar-refractivity contribution in [1.82, 2.24) is 0 Å². The fourth-order valence-electron chi connectivity index (χ4n) is 5.43. The lowest BCUT2D eigenvalue weighted by molar-refractivity contribution is -0.131. The molecule has 2 aliphatic carbocycles. The molecule has 2 heteroatoms. The van der Waals surface area contributed by atoms with Gasteiger partial charge in [0.25, 0.3) is 0 Å². The standard InChI is InChI=1S/C19H32O2/c1-14(13-17(20)21)9-10-15-7-5-8-16-18(2,3)11-6-12-19(15,16)4/h13,15-16H,5-12H2,1-4H3,(H,20,21)/b14-13+/t15-,16+,19-/m0/s1. The minimum Gasteiger partial charge on any atom is -0.478 e. The average Bonchev–Trinajstić information content (AvgIpc) is 2.35. The van der Waals surface area contributed by atoms with Crippen LogP contribution in [-0.4, -0.2) is 11.1 Å². The third-order valence-electron chi connectivity index (χ3n) is 6.51. The lowest BCUT2D eigenvalue weighted by Gasteiger charge is -2.57. The van der Waals surface area contributed by atoms with Crippen molar-refractivity contribution >= 4 is 5.97 Å². The lowest BCUT2D eigenvalue weighted by atomic mass is 9.48. The highest BCUT2D eigenvalue weighted by molar-refractivity contribution is 5.80. The van der Waals surface area contributed by atoms with E-state index in [9.17, 15) is 4.79 Å². The molecular formula is C19H32O2. The fraction of sp³-hybridized carbons (Fsp3) is 0.842. The predicted molar refractivity (Wildman–Crippen MR) is 87.2 cm³/mol. The lowest BCUT2D eigenvalue weighted by Crippen LogP contribution is -2.48. The van der Waals surface area contributed by atoms with Crippen molar-refractivity contribution < 1.29 is 9.90 Å². The summed E-state index contributed by atoms with van der Waals surface area (Å²) in [4.78, 5) is 10.8. The maximum Gasteiger partial charge on any atom is 0.328 e. The number of carboxylic acid groups (broad SMARTS) is 1. The summed E-state index contributed by atoms with van der Waals surface area (Å²) >= 11 is 0. The third kappa shape index (κ3) is 3.52. The summed E-state index contributed by atoms with van der Waals surface area (Å²) in [7, 11) is 0. The van der Waals surface area contributed by atoms with Gasteiger partial charge in [-0.3, -0.25) is 0 Å². The molecule has 0 saturated heterocycles. The second kappa shape index (κ2) is 6.14. The van der Waals surface area contributed by atoms with Crippen LogP contribution in [0.2, 0.25) is 0 Å². The molecule has 120 valence electrons. The first-order chi connectivity index (χ1) is 9.75. The number of allylic oxidation sites excluding steroid dienone is 1. The van der Waals surface area contributed by atoms with Crippen LogP contribution in [0.5, 0.6) is 0 Å². The van der Waals surface area contributed by atoms with E-state index in [4.69, 9.17) is 5.11 Å². The molecule has 2 fully saturated rings. The Hall–Kier alpha value is -0.790. The van der Waals surface area contributed by atoms with Gasteiger partial charge in [0.2, 0.25) is 0 Å². The second-order valence-electron chi connectivity index (χ2n) is 8.40. The van der Waals surface area contributed by atoms with Crippen molar-refractivity contribution in [1.29, 1.82) is 0 Å². The molecule has 1 N–H and O–H groups in total. The van der Waals surface area contributed by atoms with Gasteiger partial charge in [0, 0.05) is 6.08 Å². The summed E-state index contributed by atoms with van der Waals surface area (Å²) < 4.78 is 0. The molecule has 0 aliphatic heterocycles. The third-order valence-corrected chi connectivity index (χ3v) is 6.51. The van der Waals surface area contributed by atoms with Gasteiger partial charge in [-0.05, 0) is 68.1 Å². The average molecular weight is 292 g/mol. The zero-order valence-corrected chi connectivity index (χ0v) is 14.2. The Labute approximate surface area is 130 Å². The molecule has 0 heterocycles. The Morgan fingerprint density at radius 3 is 2.57 bits per heavy atom. The van der Waals surface area contributed by atoms with Crippen LogP contribution in [0.1, 0.15) is 79.1 Å². The van der Waals surface area contributed by atoms with E-state index in [0.717, 1.165) is 23.8 Å². The van der Waals surface area contributed by atoms with E-state index in [1.165, 1.54) is 51.0 Å². The van der Waals surface area contributed by atoms with Gasteiger partial charge in [-0.2, -0.15) is 0 Å². The number of fused-ring (bicyclic) bond motifs is 1. The summed E-state index contributed by atoms with van der Waals surface area (Å²) in [5.41, 5.74) is 1.98. The molecule has 0 radical (unpaired) electrons. The highest BCUT2D eigenvalue weighted by atomic mass is 16.4. The summed E-state index contributed by atoms with van der Waals surface area (Å²) in [6.07, 6.45) is 11.7. The van der Waals surface area contributed by atoms with Gasteiger partial charge in [-0.1, -0.05) is 39.2 Å². The van der Waals surface area contributed by atoms with E-state index >= 15 is 0 Å². The molecule has 0 spiro atoms. The fourth-order valence-corrected chi connectivity index (χ4v) is 5.43. The Kier molecular flexibility index (Phi) is 4.85. The highest BCUT2D eigenvalue weighted by Gasteiger charge is 2.51. The zero-order valence-electron chi connectivity index (χ0n) is 14.2. The molecule has 0 bridgehead atoms. The zero-order chi connectivity index (χ0) is 15.7. The van der Waals surface area contributed by atoms with E-state index in [2.05, 4.69) is 20.8 Å². The largest absolute Gasteiger partial charge is 0.478 e. The number of rotatable bonds is 4. The van der Waals surface area contributed by atoms with Crippen LogP contribution in [0.25, 0.3) is 0 Å². The number of aliphatic carboxylic acids is 1. The smallest absolute Gasteiger partial charge is 0.328 e. The molecule has 21 heavy (non-hydrogen) atoms. The topological polar surface area (TPSA) is 37.3 Å². The quantitative estimate of drug-likeness (QED) is 0.701. The molecule has 0 aromatic heterocycles. The minimum absolute atomic E-state index is 0.476. The SMILES string of the molecule is C/C(=C\C(=O)O)CC[C@@H]1CCC[C@@H]2C(C)(C)CCC[C@@]12C. The highest BCUT2D eigenvalue weighted by Crippen LogP contribution is 2.60. The van der Waals surface area contributed by atoms with Crippen LogP contribution in [0, 0.1) is 22.7 Å². The summed E-state index contributed by atoms with van der Waals surface area (Å²) in [5, 5.41) is 8.85. The number of hydrogen-bond donors (Lipinski definition) is 1. The number of carboxylic acids is 1. The van der Waals surface area contributed by atoms with Gasteiger partial charge in [0.15, 0.2) is 0 Å². The van der Waals surface area contributed by atoms with Crippen LogP contribution < -0.4 is 0 Å². The second-order valence-corrected chi connectivity index (χ2v) is 8.40. The maximum absolute atomic E-state index is 10.8. The van der Waals surface area contributed by atoms with Gasteiger partial charge in [-0.25, -0.2) is 4.79 Å². The molecular weight excluding hydrogens is 260 g/mol. The van der Waals surface area contributed by atoms with Gasteiger partial charge in [-0.15, -0.1) is 0 Å². The molecule has 0 aromatic rings. The van der Waals surface area contributed by atoms with Gasteiger partial charge >= 0.3 is 5.97 Å². The van der Waals surface area contributed by atoms with Crippen molar-refractivity contribution in [3.8, 4) is 0 Å². The van der Waals surface area contributed by atoms with Gasteiger partial charge in [0.1, 0.15) is 0 Å². The van der Waals surface area contributed by atoms with Crippen LogP contribution in [-0.2, 0) is 4.79 Å². The first kappa shape index (κ1) is 16.6. The van der Waals surface area contributed by atoms with Crippen LogP contribution in [0.4, 0.5) is 0 Å². The predicted octanol–water partition coefficient (Wildman–Crippen LogP) is 5.43. The van der Waals surface area contributed by atoms with E-state index < -0.39 is 5.97 Å². The Morgan fingerprint density at radius 1 is 1.19 bits per heavy atom. The van der Waals surface area contributed by atoms with Gasteiger partial charge < -0.3 is 5.11 Å². The minimum atomic E-state index is -0.806. The van der Waals surface area contributed by atoms with Crippen molar-refractivity contribution in [2.45, 2.75) is 79.1 Å². The molecule has 0 amide bonds. The maximum atomic E-state index is 10.8. The van der Waals surface area contributed by atoms with E-state index in [1.54, 1.807) is 0 Å². The first-order valence-corrected chi connectivity index (χ1v) is 8.66. The molecule has 2 saturated carbocycles. The van der Waals surface area contributed by atoms with Crippen molar-refractivity contribution in [2.75, 3.05) is 0 Å². The Balaban J connectivity index is 2.07. The van der Waals surface area contributed by atoms with Crippen molar-refractivity contribution in [3.63, 3.8) is 0 Å². The molecule has 0 unspecified atom stereocenters. The van der Waals surface area contributed by atoms with E-state index in [0.29, 0.717) is 10.8 Å². The van der Waals surface area contributed by atoms with Crippen molar-refractivity contribution in [2.24, 2.45) is 22.7 Å². The Bertz CT molecular complexity index is 421. The normalized spacial score (nSPS) is 36.1. The summed E-state index contributed by atoms with van der Waals surface area (Å²) in [6, 6.07) is 0. The van der Waals surface area contributed by atoms with Gasteiger partial charge in [0.05, 0.1) is 0 Å². The monoisotopic (exact) mass is 292 g/mol. The molecule has 2 rings (SSSR count). The van der Waals surface area contributed by atoms with Crippen LogP contribution >= 0.6 is 0 Å². The molecule has 0 aromatic carbocycles. The molecule has 3 atom stereocenters. The Morgan fingerprint density at radius 2 is 1.90 bits per heavy atom. The van der Waals surface area contributed by atoms with Crippen LogP contribution in [0.15, 0.2) is 11.6 Å². The van der Waals surface area contributed by atoms with E-state index in [-0.39, 0.29) is 0 Å². The number of hydrogen-bond acceptors (Lipinski definition) is 1. The first-order valence-electron chi connectivity index (χ1n) is 8.66. The molecule has 2 aliphatic rings.